The molecular weight excluding hydrogens is 389 g/mol. The van der Waals surface area contributed by atoms with Crippen molar-refractivity contribution in [2.45, 2.75) is 3.12 Å². The van der Waals surface area contributed by atoms with Gasteiger partial charge in [-0.3, -0.25) is 14.4 Å². The number of hydrogen-bond donors (Lipinski definition) is 0. The minimum Gasteiger partial charge on any atom is -0.364 e. The molecule has 0 spiro atoms. The van der Waals surface area contributed by atoms with Crippen LogP contribution in [0.5, 0.6) is 0 Å². The van der Waals surface area contributed by atoms with Crippen LogP contribution in [0.4, 0.5) is 15.7 Å². The summed E-state index contributed by atoms with van der Waals surface area (Å²) < 4.78 is 11.2. The summed E-state index contributed by atoms with van der Waals surface area (Å²) in [5.74, 6) is 0. The van der Waals surface area contributed by atoms with Gasteiger partial charge in [-0.05, 0) is 0 Å². The van der Waals surface area contributed by atoms with Gasteiger partial charge in [-0.25, -0.2) is 4.21 Å². The summed E-state index contributed by atoms with van der Waals surface area (Å²) in [6.45, 7) is 0. The topological polar surface area (TPSA) is 66.7 Å². The molecule has 0 saturated heterocycles. The highest BCUT2D eigenvalue weighted by Gasteiger charge is 2.39. The third-order valence-electron chi connectivity index (χ3n) is 2.25. The van der Waals surface area contributed by atoms with Gasteiger partial charge in [0.25, 0.3) is 3.12 Å². The molecule has 114 valence electrons. The van der Waals surface area contributed by atoms with Gasteiger partial charge >= 0.3 is 5.69 Å². The first kappa shape index (κ1) is 18.0. The lowest BCUT2D eigenvalue weighted by Gasteiger charge is -2.25. The first-order valence-corrected chi connectivity index (χ1v) is 9.29. The zero-order valence-corrected chi connectivity index (χ0v) is 15.2. The second-order valence-electron chi connectivity index (χ2n) is 3.84. The molecule has 1 atom stereocenters. The number of anilines is 2. The molecule has 0 aliphatic heterocycles. The zero-order valence-electron chi connectivity index (χ0n) is 10.5. The quantitative estimate of drug-likeness (QED) is 0.443. The minimum atomic E-state index is -3.45. The van der Waals surface area contributed by atoms with Gasteiger partial charge in [0.05, 0.1) is 11.0 Å². The van der Waals surface area contributed by atoms with Crippen LogP contribution in [-0.4, -0.2) is 33.4 Å². The number of nitrogens with zero attached hydrogens (tertiary/aromatic N) is 3. The maximum atomic E-state index is 12.3. The highest BCUT2D eigenvalue weighted by Crippen LogP contribution is 2.44. The number of alkyl halides is 3. The molecule has 12 heteroatoms. The largest absolute Gasteiger partial charge is 0.364 e. The molecule has 1 heterocycles. The molecule has 0 fully saturated rings. The van der Waals surface area contributed by atoms with Crippen molar-refractivity contribution in [3.63, 3.8) is 0 Å². The van der Waals surface area contributed by atoms with Crippen molar-refractivity contribution in [2.75, 3.05) is 30.3 Å². The first-order chi connectivity index (χ1) is 8.89. The van der Waals surface area contributed by atoms with Gasteiger partial charge in [0.1, 0.15) is 5.00 Å². The fraction of sp³-hybridized carbons (Fsp3) is 0.500. The van der Waals surface area contributed by atoms with E-state index in [-0.39, 0.29) is 10.7 Å². The molecule has 0 aliphatic carbocycles. The van der Waals surface area contributed by atoms with Crippen LogP contribution in [0.25, 0.3) is 0 Å². The molecule has 20 heavy (non-hydrogen) atoms. The van der Waals surface area contributed by atoms with Crippen molar-refractivity contribution in [3.05, 3.63) is 16.2 Å². The van der Waals surface area contributed by atoms with Crippen molar-refractivity contribution < 1.29 is 9.13 Å². The van der Waals surface area contributed by atoms with E-state index in [2.05, 4.69) is 0 Å². The normalized spacial score (nSPS) is 14.7. The lowest BCUT2D eigenvalue weighted by molar-refractivity contribution is -0.383. The van der Waals surface area contributed by atoms with Gasteiger partial charge in [0.15, 0.2) is 13.7 Å². The van der Waals surface area contributed by atoms with E-state index in [0.717, 1.165) is 15.6 Å². The van der Waals surface area contributed by atoms with Crippen LogP contribution in [0.2, 0.25) is 0 Å². The molecule has 0 aliphatic rings. The highest BCUT2D eigenvalue weighted by molar-refractivity contribution is 8.36. The fourth-order valence-electron chi connectivity index (χ4n) is 1.24. The number of rotatable bonds is 4. The van der Waals surface area contributed by atoms with E-state index in [1.165, 1.54) is 13.1 Å². The molecule has 0 amide bonds. The van der Waals surface area contributed by atoms with E-state index >= 15 is 0 Å². The van der Waals surface area contributed by atoms with Crippen LogP contribution in [0.3, 0.4) is 0 Å². The van der Waals surface area contributed by atoms with Crippen molar-refractivity contribution in [1.82, 2.24) is 0 Å². The third-order valence-corrected chi connectivity index (χ3v) is 9.36. The van der Waals surface area contributed by atoms with E-state index < -0.39 is 16.7 Å². The Kier molecular flexibility index (Phi) is 5.37. The van der Waals surface area contributed by atoms with Crippen molar-refractivity contribution in [1.29, 1.82) is 0 Å². The summed E-state index contributed by atoms with van der Waals surface area (Å²) in [4.78, 5) is 12.0. The predicted molar refractivity (Wildman–Crippen MR) is 89.5 cm³/mol. The van der Waals surface area contributed by atoms with Crippen LogP contribution in [0.15, 0.2) is 6.07 Å². The van der Waals surface area contributed by atoms with Gasteiger partial charge in [0, 0.05) is 32.3 Å². The van der Waals surface area contributed by atoms with E-state index in [9.17, 15) is 14.3 Å². The van der Waals surface area contributed by atoms with Gasteiger partial charge in [-0.15, -0.1) is 0 Å². The number of halogens is 3. The average molecular weight is 399 g/mol. The van der Waals surface area contributed by atoms with Crippen LogP contribution in [0.1, 0.15) is 0 Å². The Labute approximate surface area is 140 Å². The molecule has 0 saturated carbocycles. The minimum absolute atomic E-state index is 0.128. The van der Waals surface area contributed by atoms with Crippen LogP contribution >= 0.6 is 46.1 Å². The summed E-state index contributed by atoms with van der Waals surface area (Å²) >= 11 is 22.7. The van der Waals surface area contributed by atoms with Crippen molar-refractivity contribution >= 4 is 81.7 Å². The Hall–Kier alpha value is -0.0600. The summed E-state index contributed by atoms with van der Waals surface area (Å²) in [7, 11) is 1.23. The smallest absolute Gasteiger partial charge is 0.305 e. The average Bonchev–Trinajstić information content (AvgIpc) is 2.71. The number of thiophene rings is 1. The second kappa shape index (κ2) is 5.98. The van der Waals surface area contributed by atoms with E-state index in [4.69, 9.17) is 46.0 Å². The monoisotopic (exact) mass is 397 g/mol. The Bertz CT molecular complexity index is 624. The second-order valence-corrected chi connectivity index (χ2v) is 11.3. The Balaban J connectivity index is 3.36. The van der Waals surface area contributed by atoms with E-state index in [0.29, 0.717) is 5.00 Å². The van der Waals surface area contributed by atoms with Crippen LogP contribution < -0.4 is 9.21 Å². The zero-order chi connectivity index (χ0) is 15.9. The summed E-state index contributed by atoms with van der Waals surface area (Å²) in [5, 5.41) is 11.7. The Morgan fingerprint density at radius 3 is 2.20 bits per heavy atom. The summed E-state index contributed by atoms with van der Waals surface area (Å²) in [6.07, 6.45) is 0. The molecule has 0 bridgehead atoms. The fourth-order valence-corrected chi connectivity index (χ4v) is 4.50. The molecule has 1 aromatic heterocycles. The Morgan fingerprint density at radius 2 is 1.90 bits per heavy atom. The SMILES string of the molecule is CN(C)c1sc(N(C)S(=O)(=S)C(Cl)(Cl)Cl)cc1[N+](=O)[O-]. The van der Waals surface area contributed by atoms with E-state index in [1.54, 1.807) is 19.0 Å². The molecule has 1 aromatic rings. The van der Waals surface area contributed by atoms with Gasteiger partial charge in [-0.2, -0.15) is 0 Å². The lowest BCUT2D eigenvalue weighted by Crippen LogP contribution is -2.34. The molecule has 0 aromatic carbocycles. The third kappa shape index (κ3) is 3.40. The van der Waals surface area contributed by atoms with Crippen molar-refractivity contribution in [2.24, 2.45) is 0 Å². The highest BCUT2D eigenvalue weighted by atomic mass is 35.6. The molecule has 0 N–H and O–H groups in total. The van der Waals surface area contributed by atoms with Gasteiger partial charge in [-0.1, -0.05) is 46.1 Å². The molecule has 6 nitrogen and oxygen atoms in total. The van der Waals surface area contributed by atoms with E-state index in [1.807, 2.05) is 0 Å². The van der Waals surface area contributed by atoms with Crippen LogP contribution in [-0.2, 0) is 19.9 Å². The van der Waals surface area contributed by atoms with Crippen LogP contribution in [0, 0.1) is 10.1 Å². The standard InChI is InChI=1S/C8H10Cl3N3O3S3/c1-12(2)7-5(14(15)16)4-6(19-7)13(3)20(17,18)8(9,10)11/h4H,1-3H3. The van der Waals surface area contributed by atoms with Crippen molar-refractivity contribution in [3.8, 4) is 0 Å². The predicted octanol–water partition coefficient (Wildman–Crippen LogP) is 3.15. The molecule has 0 radical (unpaired) electrons. The molecule has 1 unspecified atom stereocenters. The maximum Gasteiger partial charge on any atom is 0.305 e. The summed E-state index contributed by atoms with van der Waals surface area (Å²) in [5.41, 5.74) is -0.128. The molecule has 1 rings (SSSR count). The lowest BCUT2D eigenvalue weighted by atomic mass is 10.5. The first-order valence-electron chi connectivity index (χ1n) is 4.90. The summed E-state index contributed by atoms with van der Waals surface area (Å²) in [6, 6.07) is 1.25. The number of nitro groups is 1. The molecular formula is C8H10Cl3N3O3S3. The maximum absolute atomic E-state index is 12.3. The Morgan fingerprint density at radius 1 is 1.40 bits per heavy atom. The van der Waals surface area contributed by atoms with Gasteiger partial charge < -0.3 is 4.90 Å². The number of hydrogen-bond acceptors (Lipinski definition) is 6. The van der Waals surface area contributed by atoms with Gasteiger partial charge in [0.2, 0.25) is 0 Å².